The molecule has 124 valence electrons. The molecule has 0 saturated carbocycles. The van der Waals surface area contributed by atoms with E-state index in [1.807, 2.05) is 13.8 Å². The molecule has 0 amide bonds. The Balaban J connectivity index is 2.14. The molecule has 0 radical (unpaired) electrons. The van der Waals surface area contributed by atoms with Gasteiger partial charge in [-0.15, -0.1) is 0 Å². The molecule has 1 heterocycles. The number of carbonyl (C=O) groups is 1. The van der Waals surface area contributed by atoms with Crippen molar-refractivity contribution in [3.05, 3.63) is 35.7 Å². The summed E-state index contributed by atoms with van der Waals surface area (Å²) in [6, 6.07) is 6.44. The minimum absolute atomic E-state index is 0.0354. The van der Waals surface area contributed by atoms with Crippen molar-refractivity contribution in [2.24, 2.45) is 5.92 Å². The minimum Gasteiger partial charge on any atom is -0.465 e. The van der Waals surface area contributed by atoms with Gasteiger partial charge >= 0.3 is 5.97 Å². The maximum atomic E-state index is 11.9. The molecule has 23 heavy (non-hydrogen) atoms. The molecule has 1 aromatic heterocycles. The van der Waals surface area contributed by atoms with E-state index >= 15 is 0 Å². The molecule has 0 unspecified atom stereocenters. The lowest BCUT2D eigenvalue weighted by atomic mass is 10.1. The predicted octanol–water partition coefficient (Wildman–Crippen LogP) is 2.09. The fraction of sp³-hybridized carbons (Fsp3) is 0.400. The van der Waals surface area contributed by atoms with Gasteiger partial charge in [0.2, 0.25) is 11.7 Å². The summed E-state index contributed by atoms with van der Waals surface area (Å²) in [5, 5.41) is 3.78. The number of hydrogen-bond donors (Lipinski definition) is 0. The normalized spacial score (nSPS) is 11.7. The summed E-state index contributed by atoms with van der Waals surface area (Å²) in [6.45, 7) is 3.67. The topological polar surface area (TPSA) is 99.4 Å². The number of benzene rings is 1. The summed E-state index contributed by atoms with van der Waals surface area (Å²) >= 11 is 0. The molecular formula is C15H18N2O5S. The molecule has 0 bridgehead atoms. The van der Waals surface area contributed by atoms with Gasteiger partial charge in [0, 0.05) is 5.56 Å². The molecule has 0 N–H and O–H groups in total. The Morgan fingerprint density at radius 2 is 1.91 bits per heavy atom. The molecule has 0 aliphatic heterocycles. The van der Waals surface area contributed by atoms with Gasteiger partial charge in [0.05, 0.1) is 18.4 Å². The zero-order valence-electron chi connectivity index (χ0n) is 13.1. The van der Waals surface area contributed by atoms with Gasteiger partial charge in [-0.05, 0) is 18.1 Å². The first-order valence-electron chi connectivity index (χ1n) is 7.02. The van der Waals surface area contributed by atoms with E-state index in [1.54, 1.807) is 24.3 Å². The van der Waals surface area contributed by atoms with Crippen LogP contribution in [0.2, 0.25) is 0 Å². The summed E-state index contributed by atoms with van der Waals surface area (Å²) in [7, 11) is -1.98. The first-order valence-corrected chi connectivity index (χ1v) is 8.84. The van der Waals surface area contributed by atoms with Crippen LogP contribution < -0.4 is 0 Å². The fourth-order valence-corrected chi connectivity index (χ4v) is 3.69. The van der Waals surface area contributed by atoms with Crippen LogP contribution in [0.5, 0.6) is 0 Å². The predicted molar refractivity (Wildman–Crippen MR) is 83.4 cm³/mol. The number of rotatable bonds is 6. The third kappa shape index (κ3) is 4.62. The third-order valence-corrected chi connectivity index (χ3v) is 4.82. The third-order valence-electron chi connectivity index (χ3n) is 2.96. The number of aromatic nitrogens is 2. The van der Waals surface area contributed by atoms with Crippen LogP contribution >= 0.6 is 0 Å². The number of ether oxygens (including phenoxy) is 1. The van der Waals surface area contributed by atoms with Crippen molar-refractivity contribution in [1.82, 2.24) is 10.1 Å². The van der Waals surface area contributed by atoms with Gasteiger partial charge in [-0.3, -0.25) is 0 Å². The molecule has 0 atom stereocenters. The molecule has 0 spiro atoms. The average Bonchev–Trinajstić information content (AvgIpc) is 2.92. The molecule has 2 aromatic rings. The SMILES string of the molecule is COC(=O)c1ccc(-c2noc(CS(=O)(=O)CC(C)C)n2)cc1. The lowest BCUT2D eigenvalue weighted by Gasteiger charge is -2.03. The van der Waals surface area contributed by atoms with Crippen molar-refractivity contribution < 1.29 is 22.5 Å². The molecule has 0 aliphatic carbocycles. The maximum Gasteiger partial charge on any atom is 0.337 e. The van der Waals surface area contributed by atoms with Crippen molar-refractivity contribution in [2.75, 3.05) is 12.9 Å². The van der Waals surface area contributed by atoms with E-state index in [0.29, 0.717) is 11.1 Å². The van der Waals surface area contributed by atoms with Gasteiger partial charge in [0.25, 0.3) is 0 Å². The highest BCUT2D eigenvalue weighted by atomic mass is 32.2. The highest BCUT2D eigenvalue weighted by molar-refractivity contribution is 7.90. The largest absolute Gasteiger partial charge is 0.465 e. The molecule has 2 rings (SSSR count). The van der Waals surface area contributed by atoms with E-state index in [4.69, 9.17) is 4.52 Å². The zero-order chi connectivity index (χ0) is 17.0. The van der Waals surface area contributed by atoms with E-state index in [-0.39, 0.29) is 29.1 Å². The molecule has 7 nitrogen and oxygen atoms in total. The Labute approximate surface area is 134 Å². The van der Waals surface area contributed by atoms with Gasteiger partial charge in [-0.25, -0.2) is 13.2 Å². The van der Waals surface area contributed by atoms with Crippen molar-refractivity contribution in [2.45, 2.75) is 19.6 Å². The summed E-state index contributed by atoms with van der Waals surface area (Å²) in [5.74, 6) is -0.288. The smallest absolute Gasteiger partial charge is 0.337 e. The van der Waals surface area contributed by atoms with Gasteiger partial charge in [-0.1, -0.05) is 31.1 Å². The zero-order valence-corrected chi connectivity index (χ0v) is 14.0. The number of methoxy groups -OCH3 is 1. The fourth-order valence-electron chi connectivity index (χ4n) is 2.06. The second-order valence-electron chi connectivity index (χ2n) is 5.53. The minimum atomic E-state index is -3.28. The van der Waals surface area contributed by atoms with Gasteiger partial charge < -0.3 is 9.26 Å². The van der Waals surface area contributed by atoms with Crippen molar-refractivity contribution in [3.8, 4) is 11.4 Å². The standard InChI is InChI=1S/C15H18N2O5S/c1-10(2)8-23(19,20)9-13-16-14(17-22-13)11-4-6-12(7-5-11)15(18)21-3/h4-7,10H,8-9H2,1-3H3. The summed E-state index contributed by atoms with van der Waals surface area (Å²) < 4.78 is 33.5. The quantitative estimate of drug-likeness (QED) is 0.744. The second-order valence-corrected chi connectivity index (χ2v) is 7.64. The number of carbonyl (C=O) groups excluding carboxylic acids is 1. The van der Waals surface area contributed by atoms with Crippen LogP contribution in [0, 0.1) is 5.92 Å². The number of hydrogen-bond acceptors (Lipinski definition) is 7. The summed E-state index contributed by atoms with van der Waals surface area (Å²) in [6.07, 6.45) is 0. The van der Waals surface area contributed by atoms with E-state index in [0.717, 1.165) is 0 Å². The molecular weight excluding hydrogens is 320 g/mol. The van der Waals surface area contributed by atoms with Crippen LogP contribution in [0.4, 0.5) is 0 Å². The number of esters is 1. The Morgan fingerprint density at radius 3 is 2.48 bits per heavy atom. The molecule has 1 aromatic carbocycles. The Morgan fingerprint density at radius 1 is 1.26 bits per heavy atom. The lowest BCUT2D eigenvalue weighted by molar-refractivity contribution is 0.0600. The maximum absolute atomic E-state index is 11.9. The van der Waals surface area contributed by atoms with Crippen molar-refractivity contribution >= 4 is 15.8 Å². The molecule has 0 saturated heterocycles. The van der Waals surface area contributed by atoms with Crippen LogP contribution in [0.25, 0.3) is 11.4 Å². The van der Waals surface area contributed by atoms with Crippen LogP contribution in [0.15, 0.2) is 28.8 Å². The first-order chi connectivity index (χ1) is 10.8. The molecule has 0 aliphatic rings. The number of nitrogens with zero attached hydrogens (tertiary/aromatic N) is 2. The van der Waals surface area contributed by atoms with Crippen LogP contribution in [-0.4, -0.2) is 37.4 Å². The van der Waals surface area contributed by atoms with Crippen molar-refractivity contribution in [3.63, 3.8) is 0 Å². The first kappa shape index (κ1) is 17.1. The lowest BCUT2D eigenvalue weighted by Crippen LogP contribution is -2.14. The number of sulfone groups is 1. The highest BCUT2D eigenvalue weighted by Gasteiger charge is 2.19. The van der Waals surface area contributed by atoms with Gasteiger partial charge in [-0.2, -0.15) is 4.98 Å². The molecule has 8 heteroatoms. The van der Waals surface area contributed by atoms with E-state index in [9.17, 15) is 13.2 Å². The summed E-state index contributed by atoms with van der Waals surface area (Å²) in [5.41, 5.74) is 1.02. The van der Waals surface area contributed by atoms with Gasteiger partial charge in [0.1, 0.15) is 5.75 Å². The second kappa shape index (κ2) is 6.91. The van der Waals surface area contributed by atoms with Gasteiger partial charge in [0.15, 0.2) is 9.84 Å². The Hall–Kier alpha value is -2.22. The van der Waals surface area contributed by atoms with Crippen LogP contribution in [0.3, 0.4) is 0 Å². The van der Waals surface area contributed by atoms with Crippen LogP contribution in [0.1, 0.15) is 30.1 Å². The van der Waals surface area contributed by atoms with Crippen molar-refractivity contribution in [1.29, 1.82) is 0 Å². The average molecular weight is 338 g/mol. The van der Waals surface area contributed by atoms with E-state index in [1.165, 1.54) is 7.11 Å². The van der Waals surface area contributed by atoms with Crippen LogP contribution in [-0.2, 0) is 20.3 Å². The Kier molecular flexibility index (Phi) is 5.15. The highest BCUT2D eigenvalue weighted by Crippen LogP contribution is 2.18. The van der Waals surface area contributed by atoms with E-state index < -0.39 is 15.8 Å². The van der Waals surface area contributed by atoms with E-state index in [2.05, 4.69) is 14.9 Å². The molecule has 0 fully saturated rings. The Bertz CT molecular complexity index is 778. The summed E-state index contributed by atoms with van der Waals surface area (Å²) in [4.78, 5) is 15.5. The monoisotopic (exact) mass is 338 g/mol.